The normalized spacial score (nSPS) is 14.8. The first kappa shape index (κ1) is 21.6. The Labute approximate surface area is 186 Å². The summed E-state index contributed by atoms with van der Waals surface area (Å²) < 4.78 is 30.9. The third kappa shape index (κ3) is 4.52. The van der Waals surface area contributed by atoms with Crippen molar-refractivity contribution >= 4 is 42.4 Å². The van der Waals surface area contributed by atoms with Crippen LogP contribution in [-0.4, -0.2) is 62.7 Å². The van der Waals surface area contributed by atoms with Crippen LogP contribution in [0, 0.1) is 0 Å². The Hall–Kier alpha value is -2.65. The van der Waals surface area contributed by atoms with Crippen molar-refractivity contribution in [1.29, 1.82) is 0 Å². The molecule has 0 atom stereocenters. The van der Waals surface area contributed by atoms with Crippen molar-refractivity contribution in [1.82, 2.24) is 9.88 Å². The van der Waals surface area contributed by atoms with Gasteiger partial charge in [0.15, 0.2) is 15.0 Å². The third-order valence-electron chi connectivity index (χ3n) is 5.32. The number of piperazine rings is 1. The van der Waals surface area contributed by atoms with Crippen molar-refractivity contribution in [3.05, 3.63) is 48.0 Å². The molecule has 1 saturated heterocycles. The fraction of sp³-hybridized carbons (Fsp3) is 0.364. The number of rotatable bonds is 6. The van der Waals surface area contributed by atoms with Gasteiger partial charge >= 0.3 is 0 Å². The molecule has 0 radical (unpaired) electrons. The Kier molecular flexibility index (Phi) is 6.15. The highest BCUT2D eigenvalue weighted by molar-refractivity contribution is 7.91. The summed E-state index contributed by atoms with van der Waals surface area (Å²) in [5.74, 6) is 0.712. The van der Waals surface area contributed by atoms with E-state index in [0.717, 1.165) is 21.1 Å². The summed E-state index contributed by atoms with van der Waals surface area (Å²) in [6.45, 7) is 6.66. The van der Waals surface area contributed by atoms with E-state index in [1.165, 1.54) is 12.1 Å². The minimum Gasteiger partial charge on any atom is -0.494 e. The highest BCUT2D eigenvalue weighted by atomic mass is 32.2. The number of sulfone groups is 1. The number of fused-ring (bicyclic) bond motifs is 1. The van der Waals surface area contributed by atoms with Gasteiger partial charge in [-0.05, 0) is 43.3 Å². The number of carbonyl (C=O) groups excluding carboxylic acids is 1. The number of hydrogen-bond acceptors (Lipinski definition) is 7. The van der Waals surface area contributed by atoms with E-state index in [1.807, 2.05) is 25.1 Å². The SMILES string of the molecule is CCOc1ccc2nc(N3CCN(C(=O)c4cccc(S(=O)(=O)CC)c4)CC3)sc2c1. The van der Waals surface area contributed by atoms with Crippen LogP contribution in [0.4, 0.5) is 5.13 Å². The van der Waals surface area contributed by atoms with Crippen molar-refractivity contribution in [3.8, 4) is 5.75 Å². The monoisotopic (exact) mass is 459 g/mol. The number of hydrogen-bond donors (Lipinski definition) is 0. The van der Waals surface area contributed by atoms with Gasteiger partial charge in [0.2, 0.25) is 0 Å². The van der Waals surface area contributed by atoms with Gasteiger partial charge in [-0.1, -0.05) is 24.3 Å². The standard InChI is InChI=1S/C22H25N3O4S2/c1-3-29-17-8-9-19-20(15-17)30-22(23-19)25-12-10-24(11-13-25)21(26)16-6-5-7-18(14-16)31(27,28)4-2/h5-9,14-15H,3-4,10-13H2,1-2H3. The van der Waals surface area contributed by atoms with Gasteiger partial charge in [0.05, 0.1) is 27.5 Å². The largest absolute Gasteiger partial charge is 0.494 e. The molecule has 164 valence electrons. The molecule has 2 heterocycles. The van der Waals surface area contributed by atoms with Gasteiger partial charge in [-0.2, -0.15) is 0 Å². The average Bonchev–Trinajstić information content (AvgIpc) is 3.22. The second-order valence-corrected chi connectivity index (χ2v) is 10.6. The Morgan fingerprint density at radius 2 is 1.87 bits per heavy atom. The summed E-state index contributed by atoms with van der Waals surface area (Å²) in [7, 11) is -3.34. The maximum atomic E-state index is 12.9. The van der Waals surface area contributed by atoms with Crippen molar-refractivity contribution < 1.29 is 17.9 Å². The third-order valence-corrected chi connectivity index (χ3v) is 8.13. The molecule has 7 nitrogen and oxygen atoms in total. The summed E-state index contributed by atoms with van der Waals surface area (Å²) >= 11 is 1.62. The lowest BCUT2D eigenvalue weighted by Gasteiger charge is -2.34. The molecule has 1 fully saturated rings. The lowest BCUT2D eigenvalue weighted by Crippen LogP contribution is -2.48. The Balaban J connectivity index is 1.44. The lowest BCUT2D eigenvalue weighted by molar-refractivity contribution is 0.0746. The fourth-order valence-corrected chi connectivity index (χ4v) is 5.53. The molecular formula is C22H25N3O4S2. The van der Waals surface area contributed by atoms with E-state index in [1.54, 1.807) is 35.3 Å². The molecule has 0 unspecified atom stereocenters. The Morgan fingerprint density at radius 3 is 2.58 bits per heavy atom. The zero-order valence-electron chi connectivity index (χ0n) is 17.6. The minimum absolute atomic E-state index is 0.0115. The van der Waals surface area contributed by atoms with Gasteiger partial charge in [-0.3, -0.25) is 4.79 Å². The number of ether oxygens (including phenoxy) is 1. The van der Waals surface area contributed by atoms with Gasteiger partial charge in [0, 0.05) is 31.7 Å². The van der Waals surface area contributed by atoms with Crippen LogP contribution in [0.25, 0.3) is 10.2 Å². The average molecular weight is 460 g/mol. The van der Waals surface area contributed by atoms with Crippen LogP contribution in [0.5, 0.6) is 5.75 Å². The molecule has 0 saturated carbocycles. The second kappa shape index (κ2) is 8.84. The highest BCUT2D eigenvalue weighted by Crippen LogP contribution is 2.32. The number of benzene rings is 2. The van der Waals surface area contributed by atoms with Gasteiger partial charge in [0.1, 0.15) is 5.75 Å². The summed E-state index contributed by atoms with van der Waals surface area (Å²) in [5.41, 5.74) is 1.35. The number of nitrogens with zero attached hydrogens (tertiary/aromatic N) is 3. The second-order valence-electron chi connectivity index (χ2n) is 7.27. The Morgan fingerprint density at radius 1 is 1.10 bits per heavy atom. The first-order valence-electron chi connectivity index (χ1n) is 10.3. The van der Waals surface area contributed by atoms with Crippen LogP contribution in [0.1, 0.15) is 24.2 Å². The predicted octanol–water partition coefficient (Wildman–Crippen LogP) is 3.45. The summed E-state index contributed by atoms with van der Waals surface area (Å²) in [6.07, 6.45) is 0. The quantitative estimate of drug-likeness (QED) is 0.562. The van der Waals surface area contributed by atoms with Crippen molar-refractivity contribution in [2.24, 2.45) is 0 Å². The molecule has 3 aromatic rings. The molecule has 2 aromatic carbocycles. The smallest absolute Gasteiger partial charge is 0.254 e. The number of aromatic nitrogens is 1. The molecule has 0 spiro atoms. The highest BCUT2D eigenvalue weighted by Gasteiger charge is 2.25. The van der Waals surface area contributed by atoms with E-state index < -0.39 is 9.84 Å². The first-order chi connectivity index (χ1) is 14.9. The molecule has 0 N–H and O–H groups in total. The van der Waals surface area contributed by atoms with Crippen LogP contribution in [0.2, 0.25) is 0 Å². The number of thiazole rings is 1. The van der Waals surface area contributed by atoms with Gasteiger partial charge < -0.3 is 14.5 Å². The molecule has 1 amide bonds. The van der Waals surface area contributed by atoms with E-state index >= 15 is 0 Å². The zero-order valence-corrected chi connectivity index (χ0v) is 19.2. The summed E-state index contributed by atoms with van der Waals surface area (Å²) in [6, 6.07) is 12.2. The predicted molar refractivity (Wildman–Crippen MR) is 123 cm³/mol. The molecule has 0 aliphatic carbocycles. The molecule has 9 heteroatoms. The Bertz CT molecular complexity index is 1200. The molecule has 4 rings (SSSR count). The van der Waals surface area contributed by atoms with Crippen molar-refractivity contribution in [2.75, 3.05) is 43.4 Å². The van der Waals surface area contributed by atoms with Gasteiger partial charge in [0.25, 0.3) is 5.91 Å². The van der Waals surface area contributed by atoms with Crippen LogP contribution < -0.4 is 9.64 Å². The van der Waals surface area contributed by atoms with Gasteiger partial charge in [-0.25, -0.2) is 13.4 Å². The maximum absolute atomic E-state index is 12.9. The topological polar surface area (TPSA) is 79.8 Å². The van der Waals surface area contributed by atoms with E-state index in [2.05, 4.69) is 4.90 Å². The molecule has 1 aliphatic rings. The minimum atomic E-state index is -3.34. The van der Waals surface area contributed by atoms with E-state index in [4.69, 9.17) is 9.72 Å². The molecule has 0 bridgehead atoms. The number of anilines is 1. The van der Waals surface area contributed by atoms with Crippen LogP contribution in [-0.2, 0) is 9.84 Å². The summed E-state index contributed by atoms with van der Waals surface area (Å²) in [5, 5.41) is 0.937. The van der Waals surface area contributed by atoms with Crippen molar-refractivity contribution in [2.45, 2.75) is 18.7 Å². The van der Waals surface area contributed by atoms with Crippen LogP contribution in [0.3, 0.4) is 0 Å². The van der Waals surface area contributed by atoms with E-state index in [-0.39, 0.29) is 16.6 Å². The fourth-order valence-electron chi connectivity index (χ4n) is 3.56. The van der Waals surface area contributed by atoms with E-state index in [9.17, 15) is 13.2 Å². The molecule has 1 aromatic heterocycles. The number of amides is 1. The van der Waals surface area contributed by atoms with Crippen LogP contribution in [0.15, 0.2) is 47.4 Å². The lowest BCUT2D eigenvalue weighted by atomic mass is 10.2. The van der Waals surface area contributed by atoms with Gasteiger partial charge in [-0.15, -0.1) is 0 Å². The molecule has 31 heavy (non-hydrogen) atoms. The first-order valence-corrected chi connectivity index (χ1v) is 12.8. The van der Waals surface area contributed by atoms with Crippen LogP contribution >= 0.6 is 11.3 Å². The van der Waals surface area contributed by atoms with E-state index in [0.29, 0.717) is 38.3 Å². The maximum Gasteiger partial charge on any atom is 0.254 e. The molecular weight excluding hydrogens is 434 g/mol. The zero-order chi connectivity index (χ0) is 22.0. The van der Waals surface area contributed by atoms with Crippen molar-refractivity contribution in [3.63, 3.8) is 0 Å². The summed E-state index contributed by atoms with van der Waals surface area (Å²) in [4.78, 5) is 21.8. The number of carbonyl (C=O) groups is 1. The molecule has 1 aliphatic heterocycles.